The van der Waals surface area contributed by atoms with Crippen molar-refractivity contribution in [3.63, 3.8) is 0 Å². The molecule has 1 aromatic heterocycles. The van der Waals surface area contributed by atoms with Crippen molar-refractivity contribution in [2.45, 2.75) is 16.5 Å². The second-order valence-electron chi connectivity index (χ2n) is 6.91. The number of rotatable bonds is 6. The Kier molecular flexibility index (Phi) is 5.56. The second-order valence-corrected chi connectivity index (χ2v) is 8.77. The van der Waals surface area contributed by atoms with Crippen LogP contribution < -0.4 is 4.90 Å². The maximum Gasteiger partial charge on any atom is 0.236 e. The zero-order valence-electron chi connectivity index (χ0n) is 16.5. The summed E-state index contributed by atoms with van der Waals surface area (Å²) in [7, 11) is -2.50. The predicted molar refractivity (Wildman–Crippen MR) is 112 cm³/mol. The molecule has 0 unspecified atom stereocenters. The summed E-state index contributed by atoms with van der Waals surface area (Å²) in [6.07, 6.45) is 0. The summed E-state index contributed by atoms with van der Waals surface area (Å²) in [5, 5.41) is -0.365. The van der Waals surface area contributed by atoms with E-state index in [1.54, 1.807) is 18.0 Å². The monoisotopic (exact) mass is 440 g/mol. The standard InChI is InChI=1S/C23H18F2N2O3S/c1-27(15-16-7-3-2-4-8-16)23-22(31(28,29)18-13-11-17(24)12-14-18)26-21(30-23)19-9-5-6-10-20(19)25/h2-14H,15H2,1H3. The van der Waals surface area contributed by atoms with Crippen molar-refractivity contribution in [1.82, 2.24) is 4.98 Å². The number of anilines is 1. The largest absolute Gasteiger partial charge is 0.419 e. The summed E-state index contributed by atoms with van der Waals surface area (Å²) in [6.45, 7) is 0.332. The van der Waals surface area contributed by atoms with Crippen LogP contribution in [0.25, 0.3) is 11.5 Å². The van der Waals surface area contributed by atoms with E-state index >= 15 is 0 Å². The van der Waals surface area contributed by atoms with Crippen LogP contribution in [0.4, 0.5) is 14.7 Å². The maximum absolute atomic E-state index is 14.3. The summed E-state index contributed by atoms with van der Waals surface area (Å²) in [5.41, 5.74) is 0.955. The molecule has 5 nitrogen and oxygen atoms in total. The molecule has 0 spiro atoms. The van der Waals surface area contributed by atoms with Crippen LogP contribution in [0, 0.1) is 11.6 Å². The quantitative estimate of drug-likeness (QED) is 0.391. The van der Waals surface area contributed by atoms with Crippen LogP contribution in [-0.2, 0) is 16.4 Å². The van der Waals surface area contributed by atoms with Crippen molar-refractivity contribution in [3.8, 4) is 11.5 Å². The van der Waals surface area contributed by atoms with Crippen LogP contribution in [0.3, 0.4) is 0 Å². The van der Waals surface area contributed by atoms with Crippen LogP contribution in [0.1, 0.15) is 5.56 Å². The van der Waals surface area contributed by atoms with Crippen molar-refractivity contribution in [2.75, 3.05) is 11.9 Å². The molecule has 0 N–H and O–H groups in total. The lowest BCUT2D eigenvalue weighted by Gasteiger charge is -2.17. The Hall–Kier alpha value is -3.52. The number of sulfone groups is 1. The minimum absolute atomic E-state index is 0.0357. The molecule has 0 aliphatic rings. The minimum atomic E-state index is -4.16. The van der Waals surface area contributed by atoms with Gasteiger partial charge in [0.1, 0.15) is 11.6 Å². The third-order valence-corrected chi connectivity index (χ3v) is 6.34. The average molecular weight is 440 g/mol. The Labute approximate surface area is 178 Å². The molecular weight excluding hydrogens is 422 g/mol. The van der Waals surface area contributed by atoms with Gasteiger partial charge in [0.15, 0.2) is 0 Å². The van der Waals surface area contributed by atoms with E-state index < -0.39 is 21.5 Å². The number of benzene rings is 3. The van der Waals surface area contributed by atoms with Crippen LogP contribution >= 0.6 is 0 Å². The Balaban J connectivity index is 1.84. The Bertz CT molecular complexity index is 1300. The number of hydrogen-bond donors (Lipinski definition) is 0. The van der Waals surface area contributed by atoms with Gasteiger partial charge in [-0.2, -0.15) is 4.98 Å². The lowest BCUT2D eigenvalue weighted by Crippen LogP contribution is -2.18. The molecule has 0 radical (unpaired) electrons. The molecule has 3 aromatic carbocycles. The van der Waals surface area contributed by atoms with Crippen LogP contribution in [0.5, 0.6) is 0 Å². The van der Waals surface area contributed by atoms with Crippen molar-refractivity contribution < 1.29 is 21.6 Å². The molecule has 4 aromatic rings. The van der Waals surface area contributed by atoms with Crippen molar-refractivity contribution in [2.24, 2.45) is 0 Å². The summed E-state index contributed by atoms with van der Waals surface area (Å²) in [5.74, 6) is -1.35. The normalized spacial score (nSPS) is 11.5. The number of oxazole rings is 1. The van der Waals surface area contributed by atoms with E-state index in [0.29, 0.717) is 6.54 Å². The molecule has 0 bridgehead atoms. The van der Waals surface area contributed by atoms with Gasteiger partial charge in [-0.15, -0.1) is 0 Å². The van der Waals surface area contributed by atoms with Gasteiger partial charge in [0, 0.05) is 13.6 Å². The first-order chi connectivity index (χ1) is 14.9. The molecule has 1 heterocycles. The van der Waals surface area contributed by atoms with E-state index in [1.807, 2.05) is 30.3 Å². The molecule has 0 atom stereocenters. The average Bonchev–Trinajstić information content (AvgIpc) is 3.21. The molecule has 8 heteroatoms. The first kappa shape index (κ1) is 20.7. The lowest BCUT2D eigenvalue weighted by molar-refractivity contribution is 0.546. The molecule has 0 amide bonds. The summed E-state index contributed by atoms with van der Waals surface area (Å²) in [4.78, 5) is 5.59. The van der Waals surface area contributed by atoms with Gasteiger partial charge in [0.05, 0.1) is 10.5 Å². The number of hydrogen-bond acceptors (Lipinski definition) is 5. The first-order valence-corrected chi connectivity index (χ1v) is 10.9. The molecule has 158 valence electrons. The first-order valence-electron chi connectivity index (χ1n) is 9.38. The van der Waals surface area contributed by atoms with E-state index in [9.17, 15) is 17.2 Å². The highest BCUT2D eigenvalue weighted by Crippen LogP contribution is 2.35. The topological polar surface area (TPSA) is 63.4 Å². The van der Waals surface area contributed by atoms with Gasteiger partial charge in [-0.05, 0) is 42.0 Å². The number of aromatic nitrogens is 1. The highest BCUT2D eigenvalue weighted by Gasteiger charge is 2.31. The molecule has 31 heavy (non-hydrogen) atoms. The Morgan fingerprint density at radius 1 is 0.903 bits per heavy atom. The van der Waals surface area contributed by atoms with E-state index in [0.717, 1.165) is 29.8 Å². The van der Waals surface area contributed by atoms with Crippen molar-refractivity contribution in [3.05, 3.63) is 96.1 Å². The molecule has 0 saturated heterocycles. The van der Waals surface area contributed by atoms with E-state index in [2.05, 4.69) is 4.98 Å². The summed E-state index contributed by atoms with van der Waals surface area (Å²) < 4.78 is 60.0. The van der Waals surface area contributed by atoms with E-state index in [-0.39, 0.29) is 27.3 Å². The van der Waals surface area contributed by atoms with Crippen LogP contribution in [-0.4, -0.2) is 20.4 Å². The summed E-state index contributed by atoms with van der Waals surface area (Å²) in [6, 6.07) is 19.6. The van der Waals surface area contributed by atoms with E-state index in [1.165, 1.54) is 18.2 Å². The molecule has 0 saturated carbocycles. The maximum atomic E-state index is 14.3. The highest BCUT2D eigenvalue weighted by atomic mass is 32.2. The van der Waals surface area contributed by atoms with Gasteiger partial charge >= 0.3 is 0 Å². The fraction of sp³-hybridized carbons (Fsp3) is 0.0870. The van der Waals surface area contributed by atoms with E-state index in [4.69, 9.17) is 4.42 Å². The Morgan fingerprint density at radius 2 is 1.55 bits per heavy atom. The third kappa shape index (κ3) is 4.20. The van der Waals surface area contributed by atoms with Gasteiger partial charge in [-0.25, -0.2) is 17.2 Å². The van der Waals surface area contributed by atoms with Gasteiger partial charge in [-0.1, -0.05) is 42.5 Å². The fourth-order valence-corrected chi connectivity index (χ4v) is 4.47. The fourth-order valence-electron chi connectivity index (χ4n) is 3.12. The van der Waals surface area contributed by atoms with Gasteiger partial charge < -0.3 is 9.32 Å². The highest BCUT2D eigenvalue weighted by molar-refractivity contribution is 7.91. The van der Waals surface area contributed by atoms with Crippen LogP contribution in [0.2, 0.25) is 0 Å². The molecule has 0 fully saturated rings. The zero-order valence-corrected chi connectivity index (χ0v) is 17.3. The third-order valence-electron chi connectivity index (χ3n) is 4.67. The second kappa shape index (κ2) is 8.31. The van der Waals surface area contributed by atoms with Crippen molar-refractivity contribution >= 4 is 15.7 Å². The summed E-state index contributed by atoms with van der Waals surface area (Å²) >= 11 is 0. The van der Waals surface area contributed by atoms with Crippen LogP contribution in [0.15, 0.2) is 93.2 Å². The lowest BCUT2D eigenvalue weighted by atomic mass is 10.2. The zero-order chi connectivity index (χ0) is 22.0. The minimum Gasteiger partial charge on any atom is -0.419 e. The van der Waals surface area contributed by atoms with Gasteiger partial charge in [0.25, 0.3) is 0 Å². The van der Waals surface area contributed by atoms with Crippen molar-refractivity contribution in [1.29, 1.82) is 0 Å². The number of halogens is 2. The molecule has 0 aliphatic heterocycles. The molecular formula is C23H18F2N2O3S. The SMILES string of the molecule is CN(Cc1ccccc1)c1oc(-c2ccccc2F)nc1S(=O)(=O)c1ccc(F)cc1. The Morgan fingerprint density at radius 3 is 2.23 bits per heavy atom. The molecule has 0 aliphatic carbocycles. The predicted octanol–water partition coefficient (Wildman–Crippen LogP) is 5.09. The van der Waals surface area contributed by atoms with Gasteiger partial charge in [-0.3, -0.25) is 0 Å². The van der Waals surface area contributed by atoms with Gasteiger partial charge in [0.2, 0.25) is 26.6 Å². The molecule has 4 rings (SSSR count). The smallest absolute Gasteiger partial charge is 0.236 e. The number of nitrogens with zero attached hydrogens (tertiary/aromatic N) is 2.